The predicted octanol–water partition coefficient (Wildman–Crippen LogP) is 2.88. The fourth-order valence-electron chi connectivity index (χ4n) is 1.70. The number of nitrogens with zero attached hydrogens (tertiary/aromatic N) is 1. The van der Waals surface area contributed by atoms with Crippen LogP contribution in [0.25, 0.3) is 0 Å². The molecule has 0 aliphatic rings. The summed E-state index contributed by atoms with van der Waals surface area (Å²) in [5, 5.41) is 3.52. The van der Waals surface area contributed by atoms with Crippen LogP contribution >= 0.6 is 0 Å². The minimum Gasteiger partial charge on any atom is -0.472 e. The summed E-state index contributed by atoms with van der Waals surface area (Å²) in [7, 11) is 2.16. The van der Waals surface area contributed by atoms with Gasteiger partial charge in [-0.2, -0.15) is 0 Å². The lowest BCUT2D eigenvalue weighted by Gasteiger charge is -2.26. The van der Waals surface area contributed by atoms with Crippen molar-refractivity contribution in [2.24, 2.45) is 0 Å². The third-order valence-electron chi connectivity index (χ3n) is 2.98. The average molecular weight is 238 g/mol. The summed E-state index contributed by atoms with van der Waals surface area (Å²) in [4.78, 5) is 2.36. The molecule has 3 heteroatoms. The fourth-order valence-corrected chi connectivity index (χ4v) is 1.70. The van der Waals surface area contributed by atoms with Crippen LogP contribution in [0.15, 0.2) is 23.0 Å². The Hall–Kier alpha value is -0.800. The molecule has 0 aromatic carbocycles. The topological polar surface area (TPSA) is 28.4 Å². The van der Waals surface area contributed by atoms with Crippen molar-refractivity contribution >= 4 is 0 Å². The molecule has 0 radical (unpaired) electrons. The van der Waals surface area contributed by atoms with Crippen LogP contribution in [-0.2, 0) is 6.54 Å². The molecule has 1 rings (SSSR count). The summed E-state index contributed by atoms with van der Waals surface area (Å²) in [5.74, 6) is 0. The molecule has 1 aromatic rings. The Bertz CT molecular complexity index is 301. The first-order chi connectivity index (χ1) is 7.88. The lowest BCUT2D eigenvalue weighted by Crippen LogP contribution is -2.39. The molecule has 0 amide bonds. The van der Waals surface area contributed by atoms with Crippen molar-refractivity contribution in [2.45, 2.75) is 52.2 Å². The maximum atomic E-state index is 5.08. The molecular weight excluding hydrogens is 212 g/mol. The van der Waals surface area contributed by atoms with Gasteiger partial charge in [-0.25, -0.2) is 0 Å². The number of nitrogens with one attached hydrogen (secondary N) is 1. The Balaban J connectivity index is 2.25. The first kappa shape index (κ1) is 14.3. The van der Waals surface area contributed by atoms with Crippen molar-refractivity contribution in [3.63, 3.8) is 0 Å². The zero-order valence-electron chi connectivity index (χ0n) is 11.8. The van der Waals surface area contributed by atoms with Crippen molar-refractivity contribution in [1.29, 1.82) is 0 Å². The second-order valence-corrected chi connectivity index (χ2v) is 5.86. The predicted molar refractivity (Wildman–Crippen MR) is 72.0 cm³/mol. The van der Waals surface area contributed by atoms with Crippen molar-refractivity contribution in [2.75, 3.05) is 13.6 Å². The Morgan fingerprint density at radius 2 is 2.12 bits per heavy atom. The maximum absolute atomic E-state index is 5.08. The lowest BCUT2D eigenvalue weighted by molar-refractivity contribution is 0.231. The second kappa shape index (κ2) is 6.22. The van der Waals surface area contributed by atoms with E-state index in [4.69, 9.17) is 4.42 Å². The summed E-state index contributed by atoms with van der Waals surface area (Å²) in [6, 6.07) is 2.59. The van der Waals surface area contributed by atoms with Gasteiger partial charge in [-0.3, -0.25) is 4.90 Å². The van der Waals surface area contributed by atoms with E-state index in [2.05, 4.69) is 45.0 Å². The molecule has 1 aromatic heterocycles. The monoisotopic (exact) mass is 238 g/mol. The highest BCUT2D eigenvalue weighted by Gasteiger charge is 2.12. The Morgan fingerprint density at radius 3 is 2.65 bits per heavy atom. The Labute approximate surface area is 105 Å². The SMILES string of the molecule is CC(CCNC(C)(C)C)N(C)Cc1ccoc1. The van der Waals surface area contributed by atoms with Gasteiger partial charge in [-0.1, -0.05) is 0 Å². The average Bonchev–Trinajstić information content (AvgIpc) is 2.68. The van der Waals surface area contributed by atoms with Crippen LogP contribution in [-0.4, -0.2) is 30.1 Å². The van der Waals surface area contributed by atoms with Crippen LogP contribution in [0.1, 0.15) is 39.7 Å². The van der Waals surface area contributed by atoms with E-state index in [0.717, 1.165) is 19.5 Å². The van der Waals surface area contributed by atoms with E-state index in [1.165, 1.54) is 5.56 Å². The normalized spacial score (nSPS) is 14.2. The van der Waals surface area contributed by atoms with Crippen LogP contribution < -0.4 is 5.32 Å². The molecule has 3 nitrogen and oxygen atoms in total. The summed E-state index contributed by atoms with van der Waals surface area (Å²) in [6.07, 6.45) is 4.71. The van der Waals surface area contributed by atoms with E-state index in [0.29, 0.717) is 6.04 Å². The smallest absolute Gasteiger partial charge is 0.0947 e. The van der Waals surface area contributed by atoms with E-state index in [9.17, 15) is 0 Å². The van der Waals surface area contributed by atoms with E-state index < -0.39 is 0 Å². The van der Waals surface area contributed by atoms with Gasteiger partial charge in [0.05, 0.1) is 12.5 Å². The third-order valence-corrected chi connectivity index (χ3v) is 2.98. The molecule has 1 N–H and O–H groups in total. The summed E-state index contributed by atoms with van der Waals surface area (Å²) >= 11 is 0. The van der Waals surface area contributed by atoms with Crippen LogP contribution in [0.2, 0.25) is 0 Å². The van der Waals surface area contributed by atoms with Crippen LogP contribution in [0, 0.1) is 0 Å². The molecule has 0 saturated carbocycles. The van der Waals surface area contributed by atoms with Crippen molar-refractivity contribution in [3.05, 3.63) is 24.2 Å². The quantitative estimate of drug-likeness (QED) is 0.826. The molecule has 17 heavy (non-hydrogen) atoms. The first-order valence-electron chi connectivity index (χ1n) is 6.35. The van der Waals surface area contributed by atoms with Gasteiger partial charge in [-0.15, -0.1) is 0 Å². The Morgan fingerprint density at radius 1 is 1.41 bits per heavy atom. The van der Waals surface area contributed by atoms with Gasteiger partial charge < -0.3 is 9.73 Å². The van der Waals surface area contributed by atoms with Gasteiger partial charge in [0.1, 0.15) is 0 Å². The molecule has 1 heterocycles. The zero-order valence-corrected chi connectivity index (χ0v) is 11.8. The number of furan rings is 1. The van der Waals surface area contributed by atoms with Gasteiger partial charge in [0.15, 0.2) is 0 Å². The van der Waals surface area contributed by atoms with Crippen molar-refractivity contribution in [3.8, 4) is 0 Å². The van der Waals surface area contributed by atoms with Gasteiger partial charge >= 0.3 is 0 Å². The molecule has 0 spiro atoms. The van der Waals surface area contributed by atoms with Gasteiger partial charge in [-0.05, 0) is 53.8 Å². The standard InChI is InChI=1S/C14H26N2O/c1-12(6-8-15-14(2,3)4)16(5)10-13-7-9-17-11-13/h7,9,11-12,15H,6,8,10H2,1-5H3. The van der Waals surface area contributed by atoms with Gasteiger partial charge in [0.2, 0.25) is 0 Å². The fraction of sp³-hybridized carbons (Fsp3) is 0.714. The summed E-state index contributed by atoms with van der Waals surface area (Å²) < 4.78 is 5.08. The van der Waals surface area contributed by atoms with Crippen molar-refractivity contribution in [1.82, 2.24) is 10.2 Å². The van der Waals surface area contributed by atoms with Crippen LogP contribution in [0.3, 0.4) is 0 Å². The summed E-state index contributed by atoms with van der Waals surface area (Å²) in [5.41, 5.74) is 1.45. The molecule has 0 aliphatic heterocycles. The molecule has 0 saturated heterocycles. The minimum absolute atomic E-state index is 0.211. The molecular formula is C14H26N2O. The van der Waals surface area contributed by atoms with E-state index in [-0.39, 0.29) is 5.54 Å². The highest BCUT2D eigenvalue weighted by molar-refractivity contribution is 5.04. The third kappa shape index (κ3) is 5.89. The number of rotatable bonds is 6. The molecule has 0 bridgehead atoms. The van der Waals surface area contributed by atoms with Gasteiger partial charge in [0, 0.05) is 23.7 Å². The Kier molecular flexibility index (Phi) is 5.22. The lowest BCUT2D eigenvalue weighted by atomic mass is 10.1. The molecule has 0 aliphatic carbocycles. The highest BCUT2D eigenvalue weighted by atomic mass is 16.3. The van der Waals surface area contributed by atoms with Crippen LogP contribution in [0.4, 0.5) is 0 Å². The van der Waals surface area contributed by atoms with E-state index in [1.807, 2.05) is 12.3 Å². The molecule has 0 fully saturated rings. The molecule has 1 atom stereocenters. The van der Waals surface area contributed by atoms with Gasteiger partial charge in [0.25, 0.3) is 0 Å². The minimum atomic E-state index is 0.211. The molecule has 98 valence electrons. The largest absolute Gasteiger partial charge is 0.472 e. The van der Waals surface area contributed by atoms with E-state index in [1.54, 1.807) is 6.26 Å². The highest BCUT2D eigenvalue weighted by Crippen LogP contribution is 2.09. The summed E-state index contributed by atoms with van der Waals surface area (Å²) in [6.45, 7) is 10.9. The zero-order chi connectivity index (χ0) is 12.9. The van der Waals surface area contributed by atoms with Crippen molar-refractivity contribution < 1.29 is 4.42 Å². The number of hydrogen-bond donors (Lipinski definition) is 1. The van der Waals surface area contributed by atoms with E-state index >= 15 is 0 Å². The number of hydrogen-bond acceptors (Lipinski definition) is 3. The molecule has 1 unspecified atom stereocenters. The van der Waals surface area contributed by atoms with Crippen LogP contribution in [0.5, 0.6) is 0 Å². The maximum Gasteiger partial charge on any atom is 0.0947 e. The second-order valence-electron chi connectivity index (χ2n) is 5.86. The first-order valence-corrected chi connectivity index (χ1v) is 6.35.